The Morgan fingerprint density at radius 3 is 2.48 bits per heavy atom. The Morgan fingerprint density at radius 1 is 1.04 bits per heavy atom. The molecule has 0 atom stereocenters. The monoisotopic (exact) mass is 330 g/mol. The van der Waals surface area contributed by atoms with Crippen molar-refractivity contribution < 1.29 is 13.3 Å². The van der Waals surface area contributed by atoms with Crippen molar-refractivity contribution in [3.05, 3.63) is 70.4 Å². The summed E-state index contributed by atoms with van der Waals surface area (Å²) in [5.41, 5.74) is 1.46. The van der Waals surface area contributed by atoms with Crippen LogP contribution in [0.3, 0.4) is 0 Å². The average molecular weight is 330 g/mol. The first-order chi connectivity index (χ1) is 11.0. The Balaban J connectivity index is 2.00. The van der Waals surface area contributed by atoms with E-state index in [1.807, 2.05) is 0 Å². The molecule has 3 aromatic rings. The number of aromatic nitrogens is 1. The molecule has 2 aromatic carbocycles. The van der Waals surface area contributed by atoms with E-state index in [-0.39, 0.29) is 21.3 Å². The zero-order valence-corrected chi connectivity index (χ0v) is 12.9. The fraction of sp³-hybridized carbons (Fsp3) is 0.125. The first-order valence-electron chi connectivity index (χ1n) is 7.00. The van der Waals surface area contributed by atoms with Crippen molar-refractivity contribution in [2.24, 2.45) is 0 Å². The van der Waals surface area contributed by atoms with Crippen molar-refractivity contribution in [2.45, 2.75) is 16.2 Å². The highest BCUT2D eigenvalue weighted by Crippen LogP contribution is 2.26. The number of fused-ring (bicyclic) bond motifs is 1. The van der Waals surface area contributed by atoms with Crippen LogP contribution in [0.5, 0.6) is 0 Å². The van der Waals surface area contributed by atoms with Crippen LogP contribution >= 0.6 is 0 Å². The summed E-state index contributed by atoms with van der Waals surface area (Å²) >= 11 is 0. The van der Waals surface area contributed by atoms with E-state index in [9.17, 15) is 18.5 Å². The highest BCUT2D eigenvalue weighted by atomic mass is 32.2. The Labute approximate surface area is 132 Å². The predicted molar refractivity (Wildman–Crippen MR) is 85.8 cm³/mol. The van der Waals surface area contributed by atoms with Crippen molar-refractivity contribution in [3.63, 3.8) is 0 Å². The molecule has 0 spiro atoms. The molecule has 7 heteroatoms. The molecule has 1 N–H and O–H groups in total. The van der Waals surface area contributed by atoms with Gasteiger partial charge in [-0.05, 0) is 29.8 Å². The van der Waals surface area contributed by atoms with Gasteiger partial charge in [0, 0.05) is 28.4 Å². The molecule has 23 heavy (non-hydrogen) atoms. The maximum atomic E-state index is 12.6. The first kappa shape index (κ1) is 15.2. The number of sulfone groups is 1. The van der Waals surface area contributed by atoms with Crippen molar-refractivity contribution in [1.29, 1.82) is 0 Å². The number of nitro groups is 1. The summed E-state index contributed by atoms with van der Waals surface area (Å²) in [6.07, 6.45) is 1.99. The van der Waals surface area contributed by atoms with Gasteiger partial charge in [0.1, 0.15) is 0 Å². The molecule has 1 aromatic heterocycles. The van der Waals surface area contributed by atoms with E-state index in [1.165, 1.54) is 6.07 Å². The third-order valence-corrected chi connectivity index (χ3v) is 5.43. The molecule has 6 nitrogen and oxygen atoms in total. The SMILES string of the molecule is O=[N+]([O-])CCc1c[nH]c2cc(S(=O)(=O)c3ccccc3)ccc12. The van der Waals surface area contributed by atoms with Gasteiger partial charge in [0.05, 0.1) is 9.79 Å². The van der Waals surface area contributed by atoms with Crippen LogP contribution in [0.2, 0.25) is 0 Å². The maximum absolute atomic E-state index is 12.6. The molecular formula is C16H14N2O4S. The normalized spacial score (nSPS) is 11.7. The molecule has 3 rings (SSSR count). The van der Waals surface area contributed by atoms with E-state index in [1.54, 1.807) is 48.7 Å². The van der Waals surface area contributed by atoms with Gasteiger partial charge in [0.25, 0.3) is 0 Å². The van der Waals surface area contributed by atoms with E-state index in [0.29, 0.717) is 11.9 Å². The molecule has 0 aliphatic carbocycles. The lowest BCUT2D eigenvalue weighted by Crippen LogP contribution is -2.03. The number of aromatic amines is 1. The smallest absolute Gasteiger partial charge is 0.207 e. The number of H-pyrrole nitrogens is 1. The summed E-state index contributed by atoms with van der Waals surface area (Å²) in [5, 5.41) is 11.3. The molecule has 0 bridgehead atoms. The number of nitrogens with zero attached hydrogens (tertiary/aromatic N) is 1. The van der Waals surface area contributed by atoms with Gasteiger partial charge in [0.15, 0.2) is 0 Å². The van der Waals surface area contributed by atoms with Crippen LogP contribution in [-0.4, -0.2) is 24.9 Å². The van der Waals surface area contributed by atoms with Crippen LogP contribution in [0.1, 0.15) is 5.56 Å². The van der Waals surface area contributed by atoms with E-state index in [0.717, 1.165) is 10.9 Å². The third-order valence-electron chi connectivity index (χ3n) is 3.67. The fourth-order valence-electron chi connectivity index (χ4n) is 2.49. The fourth-order valence-corrected chi connectivity index (χ4v) is 3.79. The van der Waals surface area contributed by atoms with Gasteiger partial charge >= 0.3 is 0 Å². The molecule has 1 heterocycles. The number of rotatable bonds is 5. The predicted octanol–water partition coefficient (Wildman–Crippen LogP) is 2.82. The van der Waals surface area contributed by atoms with Crippen molar-refractivity contribution >= 4 is 20.7 Å². The number of benzene rings is 2. The second kappa shape index (κ2) is 5.85. The zero-order chi connectivity index (χ0) is 16.4. The lowest BCUT2D eigenvalue weighted by atomic mass is 10.1. The second-order valence-corrected chi connectivity index (χ2v) is 7.09. The van der Waals surface area contributed by atoms with E-state index in [4.69, 9.17) is 0 Å². The third kappa shape index (κ3) is 2.95. The minimum absolute atomic E-state index is 0.156. The summed E-state index contributed by atoms with van der Waals surface area (Å²) in [6, 6.07) is 13.0. The molecule has 0 fully saturated rings. The van der Waals surface area contributed by atoms with E-state index >= 15 is 0 Å². The molecule has 0 radical (unpaired) electrons. The van der Waals surface area contributed by atoms with Gasteiger partial charge in [-0.1, -0.05) is 24.3 Å². The first-order valence-corrected chi connectivity index (χ1v) is 8.49. The van der Waals surface area contributed by atoms with Gasteiger partial charge in [-0.2, -0.15) is 0 Å². The van der Waals surface area contributed by atoms with Gasteiger partial charge < -0.3 is 4.98 Å². The molecule has 0 saturated heterocycles. The summed E-state index contributed by atoms with van der Waals surface area (Å²) in [5.74, 6) is 0. The highest BCUT2D eigenvalue weighted by molar-refractivity contribution is 7.91. The Hall–Kier alpha value is -2.67. The van der Waals surface area contributed by atoms with Crippen molar-refractivity contribution in [1.82, 2.24) is 4.98 Å². The van der Waals surface area contributed by atoms with Crippen molar-refractivity contribution in [2.75, 3.05) is 6.54 Å². The van der Waals surface area contributed by atoms with Gasteiger partial charge in [-0.15, -0.1) is 0 Å². The zero-order valence-electron chi connectivity index (χ0n) is 12.1. The minimum Gasteiger partial charge on any atom is -0.361 e. The summed E-state index contributed by atoms with van der Waals surface area (Å²) in [6.45, 7) is -0.156. The van der Waals surface area contributed by atoms with Crippen LogP contribution in [0.25, 0.3) is 10.9 Å². The number of hydrogen-bond donors (Lipinski definition) is 1. The van der Waals surface area contributed by atoms with E-state index < -0.39 is 9.84 Å². The van der Waals surface area contributed by atoms with Crippen LogP contribution < -0.4 is 0 Å². The minimum atomic E-state index is -3.58. The van der Waals surface area contributed by atoms with Gasteiger partial charge in [-0.3, -0.25) is 10.1 Å². The standard InChI is InChI=1S/C16H14N2O4S/c19-18(20)9-8-12-11-17-16-10-14(6-7-15(12)16)23(21,22)13-4-2-1-3-5-13/h1-7,10-11,17H,8-9H2. The van der Waals surface area contributed by atoms with Crippen LogP contribution in [0, 0.1) is 10.1 Å². The number of hydrogen-bond acceptors (Lipinski definition) is 4. The number of nitrogens with one attached hydrogen (secondary N) is 1. The summed E-state index contributed by atoms with van der Waals surface area (Å²) in [7, 11) is -3.58. The maximum Gasteiger partial charge on any atom is 0.207 e. The quantitative estimate of drug-likeness (QED) is 0.575. The molecular weight excluding hydrogens is 316 g/mol. The Kier molecular flexibility index (Phi) is 3.87. The van der Waals surface area contributed by atoms with Gasteiger partial charge in [0.2, 0.25) is 16.4 Å². The van der Waals surface area contributed by atoms with Gasteiger partial charge in [-0.25, -0.2) is 8.42 Å². The molecule has 0 aliphatic heterocycles. The van der Waals surface area contributed by atoms with Crippen molar-refractivity contribution in [3.8, 4) is 0 Å². The van der Waals surface area contributed by atoms with Crippen LogP contribution in [0.4, 0.5) is 0 Å². The summed E-state index contributed by atoms with van der Waals surface area (Å²) in [4.78, 5) is 13.5. The van der Waals surface area contributed by atoms with Crippen LogP contribution in [-0.2, 0) is 16.3 Å². The van der Waals surface area contributed by atoms with Crippen LogP contribution in [0.15, 0.2) is 64.5 Å². The second-order valence-electron chi connectivity index (χ2n) is 5.14. The Morgan fingerprint density at radius 2 is 1.78 bits per heavy atom. The highest BCUT2D eigenvalue weighted by Gasteiger charge is 2.18. The molecule has 0 unspecified atom stereocenters. The lowest BCUT2D eigenvalue weighted by molar-refractivity contribution is -0.479. The largest absolute Gasteiger partial charge is 0.361 e. The topological polar surface area (TPSA) is 93.1 Å². The van der Waals surface area contributed by atoms with E-state index in [2.05, 4.69) is 4.98 Å². The summed E-state index contributed by atoms with van der Waals surface area (Å²) < 4.78 is 25.2. The Bertz CT molecular complexity index is 962. The molecule has 0 saturated carbocycles. The lowest BCUT2D eigenvalue weighted by Gasteiger charge is -2.05. The molecule has 0 aliphatic rings. The molecule has 118 valence electrons. The average Bonchev–Trinajstić information content (AvgIpc) is 2.96. The molecule has 0 amide bonds.